The Kier molecular flexibility index (Phi) is 3.07. The van der Waals surface area contributed by atoms with Crippen molar-refractivity contribution in [2.24, 2.45) is 5.73 Å². The average molecular weight is 336 g/mol. The smallest absolute Gasteiger partial charge is 0.323 e. The van der Waals surface area contributed by atoms with E-state index in [1.807, 2.05) is 32.0 Å². The van der Waals surface area contributed by atoms with Gasteiger partial charge in [-0.25, -0.2) is 4.79 Å². The summed E-state index contributed by atoms with van der Waals surface area (Å²) in [4.78, 5) is 16.8. The van der Waals surface area contributed by atoms with E-state index in [9.17, 15) is 4.79 Å². The number of hydrogen-bond donors (Lipinski definition) is 3. The third-order valence-electron chi connectivity index (χ3n) is 3.38. The summed E-state index contributed by atoms with van der Waals surface area (Å²) in [7, 11) is 0. The van der Waals surface area contributed by atoms with Gasteiger partial charge in [0.05, 0.1) is 17.1 Å². The van der Waals surface area contributed by atoms with Gasteiger partial charge >= 0.3 is 5.69 Å². The first-order chi connectivity index (χ1) is 9.45. The number of H-pyrrole nitrogens is 2. The number of nitrogens with two attached hydrogens (primary N) is 1. The number of imidazole rings is 1. The molecule has 3 aromatic rings. The Morgan fingerprint density at radius 1 is 1.15 bits per heavy atom. The third-order valence-corrected chi connectivity index (χ3v) is 4.07. The number of furan rings is 1. The third kappa shape index (κ3) is 2.10. The Balaban J connectivity index is 2.15. The van der Waals surface area contributed by atoms with Gasteiger partial charge in [-0.2, -0.15) is 0 Å². The fourth-order valence-corrected chi connectivity index (χ4v) is 3.03. The molecular formula is C14H14BrN3O2. The zero-order valence-corrected chi connectivity index (χ0v) is 12.7. The second-order valence-corrected chi connectivity index (χ2v) is 5.70. The SMILES string of the molecule is Cc1cc(C(N)c2cc3[nH]c(=O)[nH]c3cc2Br)c(C)o1. The lowest BCUT2D eigenvalue weighted by Crippen LogP contribution is -2.12. The molecule has 104 valence electrons. The molecule has 0 saturated heterocycles. The Morgan fingerprint density at radius 3 is 2.40 bits per heavy atom. The standard InChI is InChI=1S/C14H14BrN3O2/c1-6-3-8(7(2)20-6)13(16)9-4-11-12(5-10(9)15)18-14(19)17-11/h3-5,13H,16H2,1-2H3,(H2,17,18,19). The van der Waals surface area contributed by atoms with Crippen molar-refractivity contribution in [3.05, 3.63) is 55.8 Å². The minimum atomic E-state index is -0.315. The van der Waals surface area contributed by atoms with Gasteiger partial charge in [0, 0.05) is 10.0 Å². The van der Waals surface area contributed by atoms with Crippen molar-refractivity contribution in [1.82, 2.24) is 9.97 Å². The zero-order chi connectivity index (χ0) is 14.4. The molecule has 0 aliphatic carbocycles. The van der Waals surface area contributed by atoms with Gasteiger partial charge in [0.2, 0.25) is 0 Å². The molecule has 1 aromatic carbocycles. The summed E-state index contributed by atoms with van der Waals surface area (Å²) < 4.78 is 6.38. The molecule has 0 aliphatic heterocycles. The number of aromatic amines is 2. The van der Waals surface area contributed by atoms with Crippen molar-refractivity contribution in [2.75, 3.05) is 0 Å². The summed E-state index contributed by atoms with van der Waals surface area (Å²) in [6.45, 7) is 3.79. The monoisotopic (exact) mass is 335 g/mol. The molecule has 0 radical (unpaired) electrons. The van der Waals surface area contributed by atoms with E-state index in [1.165, 1.54) is 0 Å². The molecule has 0 fully saturated rings. The highest BCUT2D eigenvalue weighted by molar-refractivity contribution is 9.10. The largest absolute Gasteiger partial charge is 0.466 e. The Hall–Kier alpha value is -1.79. The highest BCUT2D eigenvalue weighted by atomic mass is 79.9. The van der Waals surface area contributed by atoms with Gasteiger partial charge in [0.15, 0.2) is 0 Å². The van der Waals surface area contributed by atoms with Gasteiger partial charge in [-0.3, -0.25) is 0 Å². The normalized spacial score (nSPS) is 13.0. The summed E-state index contributed by atoms with van der Waals surface area (Å²) in [6, 6.07) is 5.36. The van der Waals surface area contributed by atoms with Crippen molar-refractivity contribution < 1.29 is 4.42 Å². The van der Waals surface area contributed by atoms with Crippen molar-refractivity contribution in [2.45, 2.75) is 19.9 Å². The number of fused-ring (bicyclic) bond motifs is 1. The lowest BCUT2D eigenvalue weighted by atomic mass is 9.99. The molecule has 0 spiro atoms. The van der Waals surface area contributed by atoms with Crippen LogP contribution >= 0.6 is 15.9 Å². The van der Waals surface area contributed by atoms with Crippen LogP contribution < -0.4 is 11.4 Å². The molecule has 2 aromatic heterocycles. The summed E-state index contributed by atoms with van der Waals surface area (Å²) in [6.07, 6.45) is 0. The summed E-state index contributed by atoms with van der Waals surface area (Å²) in [5, 5.41) is 0. The van der Waals surface area contributed by atoms with E-state index in [0.717, 1.165) is 38.2 Å². The molecule has 0 saturated carbocycles. The van der Waals surface area contributed by atoms with Crippen molar-refractivity contribution >= 4 is 27.0 Å². The molecule has 5 nitrogen and oxygen atoms in total. The fourth-order valence-electron chi connectivity index (χ4n) is 2.44. The summed E-state index contributed by atoms with van der Waals surface area (Å²) >= 11 is 3.51. The maximum Gasteiger partial charge on any atom is 0.323 e. The van der Waals surface area contributed by atoms with Crippen LogP contribution in [0.25, 0.3) is 11.0 Å². The van der Waals surface area contributed by atoms with E-state index in [4.69, 9.17) is 10.2 Å². The summed E-state index contributed by atoms with van der Waals surface area (Å²) in [5.74, 6) is 1.64. The Morgan fingerprint density at radius 2 is 1.80 bits per heavy atom. The van der Waals surface area contributed by atoms with Crippen LogP contribution in [-0.4, -0.2) is 9.97 Å². The number of aryl methyl sites for hydroxylation is 2. The van der Waals surface area contributed by atoms with E-state index in [-0.39, 0.29) is 11.7 Å². The molecule has 4 N–H and O–H groups in total. The minimum absolute atomic E-state index is 0.229. The van der Waals surface area contributed by atoms with Crippen LogP contribution in [-0.2, 0) is 0 Å². The molecular weight excluding hydrogens is 322 g/mol. The number of rotatable bonds is 2. The predicted octanol–water partition coefficient (Wildman–Crippen LogP) is 2.88. The van der Waals surface area contributed by atoms with Crippen LogP contribution in [0.3, 0.4) is 0 Å². The first-order valence-corrected chi connectivity index (χ1v) is 6.99. The first-order valence-electron chi connectivity index (χ1n) is 6.19. The Labute approximate surface area is 123 Å². The van der Waals surface area contributed by atoms with Crippen LogP contribution in [0.5, 0.6) is 0 Å². The van der Waals surface area contributed by atoms with Crippen LogP contribution in [0.1, 0.15) is 28.7 Å². The average Bonchev–Trinajstić information content (AvgIpc) is 2.88. The number of hydrogen-bond acceptors (Lipinski definition) is 3. The van der Waals surface area contributed by atoms with Crippen molar-refractivity contribution in [1.29, 1.82) is 0 Å². The van der Waals surface area contributed by atoms with Crippen LogP contribution in [0.15, 0.2) is 31.9 Å². The molecule has 0 amide bonds. The summed E-state index contributed by atoms with van der Waals surface area (Å²) in [5.41, 5.74) is 9.44. The lowest BCUT2D eigenvalue weighted by molar-refractivity contribution is 0.499. The van der Waals surface area contributed by atoms with Gasteiger partial charge < -0.3 is 20.1 Å². The minimum Gasteiger partial charge on any atom is -0.466 e. The second-order valence-electron chi connectivity index (χ2n) is 4.84. The fraction of sp³-hybridized carbons (Fsp3) is 0.214. The van der Waals surface area contributed by atoms with E-state index in [1.54, 1.807) is 0 Å². The van der Waals surface area contributed by atoms with E-state index in [0.29, 0.717) is 0 Å². The number of aromatic nitrogens is 2. The molecule has 2 heterocycles. The molecule has 6 heteroatoms. The van der Waals surface area contributed by atoms with Crippen LogP contribution in [0, 0.1) is 13.8 Å². The quantitative estimate of drug-likeness (QED) is 0.672. The van der Waals surface area contributed by atoms with Crippen molar-refractivity contribution in [3.63, 3.8) is 0 Å². The van der Waals surface area contributed by atoms with E-state index < -0.39 is 0 Å². The van der Waals surface area contributed by atoms with Crippen LogP contribution in [0.2, 0.25) is 0 Å². The maximum atomic E-state index is 11.3. The molecule has 0 bridgehead atoms. The lowest BCUT2D eigenvalue weighted by Gasteiger charge is -2.13. The van der Waals surface area contributed by atoms with Gasteiger partial charge in [0.25, 0.3) is 0 Å². The van der Waals surface area contributed by atoms with Gasteiger partial charge in [0.1, 0.15) is 11.5 Å². The molecule has 0 aliphatic rings. The molecule has 1 atom stereocenters. The number of nitrogens with one attached hydrogen (secondary N) is 2. The molecule has 20 heavy (non-hydrogen) atoms. The first kappa shape index (κ1) is 13.2. The van der Waals surface area contributed by atoms with Crippen molar-refractivity contribution in [3.8, 4) is 0 Å². The number of halogens is 1. The topological polar surface area (TPSA) is 87.8 Å². The predicted molar refractivity (Wildman–Crippen MR) is 80.8 cm³/mol. The number of benzene rings is 1. The van der Waals surface area contributed by atoms with Gasteiger partial charge in [-0.05, 0) is 37.6 Å². The van der Waals surface area contributed by atoms with Gasteiger partial charge in [-0.1, -0.05) is 15.9 Å². The highest BCUT2D eigenvalue weighted by Crippen LogP contribution is 2.32. The van der Waals surface area contributed by atoms with Gasteiger partial charge in [-0.15, -0.1) is 0 Å². The second kappa shape index (κ2) is 4.64. The van der Waals surface area contributed by atoms with Crippen LogP contribution in [0.4, 0.5) is 0 Å². The Bertz CT molecular complexity index is 844. The van der Waals surface area contributed by atoms with E-state index >= 15 is 0 Å². The highest BCUT2D eigenvalue weighted by Gasteiger charge is 2.18. The zero-order valence-electron chi connectivity index (χ0n) is 11.1. The molecule has 1 unspecified atom stereocenters. The van der Waals surface area contributed by atoms with E-state index in [2.05, 4.69) is 25.9 Å². The molecule has 3 rings (SSSR count). The maximum absolute atomic E-state index is 11.3.